The van der Waals surface area contributed by atoms with Gasteiger partial charge in [-0.15, -0.1) is 0 Å². The summed E-state index contributed by atoms with van der Waals surface area (Å²) in [6.07, 6.45) is 2.30. The van der Waals surface area contributed by atoms with E-state index in [2.05, 4.69) is 49.3 Å². The van der Waals surface area contributed by atoms with Crippen molar-refractivity contribution in [3.05, 3.63) is 35.9 Å². The van der Waals surface area contributed by atoms with Crippen molar-refractivity contribution in [2.75, 3.05) is 27.2 Å². The molecule has 0 aromatic heterocycles. The van der Waals surface area contributed by atoms with Gasteiger partial charge in [-0.2, -0.15) is 0 Å². The maximum Gasteiger partial charge on any atom is 0.106 e. The van der Waals surface area contributed by atoms with Gasteiger partial charge in [-0.3, -0.25) is 0 Å². The molecule has 15 heavy (non-hydrogen) atoms. The van der Waals surface area contributed by atoms with Crippen LogP contribution in [-0.4, -0.2) is 32.1 Å². The van der Waals surface area contributed by atoms with E-state index in [4.69, 9.17) is 4.74 Å². The molecule has 1 aliphatic heterocycles. The van der Waals surface area contributed by atoms with E-state index in [0.29, 0.717) is 0 Å². The highest BCUT2D eigenvalue weighted by atomic mass is 16.5. The summed E-state index contributed by atoms with van der Waals surface area (Å²) in [5, 5.41) is 0. The van der Waals surface area contributed by atoms with Crippen molar-refractivity contribution in [2.45, 2.75) is 18.4 Å². The molecule has 0 amide bonds. The molecule has 1 aliphatic rings. The molecule has 2 rings (SSSR count). The van der Waals surface area contributed by atoms with Gasteiger partial charge in [0.25, 0.3) is 0 Å². The van der Waals surface area contributed by atoms with Crippen LogP contribution in [0, 0.1) is 0 Å². The number of likely N-dealkylation sites (N-methyl/N-ethyl adjacent to an activating group) is 1. The average molecular weight is 205 g/mol. The molecule has 2 nitrogen and oxygen atoms in total. The number of nitrogens with zero attached hydrogens (tertiary/aromatic N) is 1. The fraction of sp³-hybridized carbons (Fsp3) is 0.538. The second kappa shape index (κ2) is 4.33. The van der Waals surface area contributed by atoms with Gasteiger partial charge in [0.2, 0.25) is 0 Å². The van der Waals surface area contributed by atoms with Gasteiger partial charge in [-0.1, -0.05) is 30.3 Å². The third kappa shape index (κ3) is 2.21. The lowest BCUT2D eigenvalue weighted by Crippen LogP contribution is -2.37. The molecule has 1 unspecified atom stereocenters. The Kier molecular flexibility index (Phi) is 3.08. The Morgan fingerprint density at radius 1 is 1.27 bits per heavy atom. The number of hydrogen-bond donors (Lipinski definition) is 0. The second-order valence-electron chi connectivity index (χ2n) is 4.55. The van der Waals surface area contributed by atoms with E-state index in [-0.39, 0.29) is 5.60 Å². The molecule has 0 aliphatic carbocycles. The first-order valence-electron chi connectivity index (χ1n) is 5.57. The van der Waals surface area contributed by atoms with Crippen LogP contribution in [0.1, 0.15) is 18.4 Å². The smallest absolute Gasteiger partial charge is 0.106 e. The first kappa shape index (κ1) is 10.7. The van der Waals surface area contributed by atoms with E-state index in [1.54, 1.807) is 0 Å². The quantitative estimate of drug-likeness (QED) is 0.750. The molecule has 82 valence electrons. The molecule has 1 aromatic carbocycles. The molecule has 1 heterocycles. The van der Waals surface area contributed by atoms with Gasteiger partial charge in [0.05, 0.1) is 0 Å². The summed E-state index contributed by atoms with van der Waals surface area (Å²) in [5.74, 6) is 0. The second-order valence-corrected chi connectivity index (χ2v) is 4.55. The van der Waals surface area contributed by atoms with Crippen molar-refractivity contribution >= 4 is 0 Å². The van der Waals surface area contributed by atoms with Crippen molar-refractivity contribution in [3.63, 3.8) is 0 Å². The van der Waals surface area contributed by atoms with E-state index in [9.17, 15) is 0 Å². The van der Waals surface area contributed by atoms with Gasteiger partial charge in [0, 0.05) is 13.2 Å². The Labute approximate surface area is 91.9 Å². The van der Waals surface area contributed by atoms with Gasteiger partial charge in [-0.05, 0) is 32.5 Å². The zero-order valence-electron chi connectivity index (χ0n) is 9.57. The standard InChI is InChI=1S/C13H19NO/c1-14(2)11-13(9-6-10-15-13)12-7-4-3-5-8-12/h3-5,7-8H,6,9-11H2,1-2H3. The summed E-state index contributed by atoms with van der Waals surface area (Å²) in [7, 11) is 4.21. The lowest BCUT2D eigenvalue weighted by molar-refractivity contribution is -0.0186. The number of rotatable bonds is 3. The molecule has 0 radical (unpaired) electrons. The minimum absolute atomic E-state index is 0.0647. The zero-order valence-corrected chi connectivity index (χ0v) is 9.57. The summed E-state index contributed by atoms with van der Waals surface area (Å²) in [5.41, 5.74) is 1.25. The normalized spacial score (nSPS) is 26.1. The highest BCUT2D eigenvalue weighted by Crippen LogP contribution is 2.36. The minimum Gasteiger partial charge on any atom is -0.369 e. The van der Waals surface area contributed by atoms with Gasteiger partial charge in [-0.25, -0.2) is 0 Å². The first-order chi connectivity index (χ1) is 7.23. The lowest BCUT2D eigenvalue weighted by atomic mass is 9.90. The van der Waals surface area contributed by atoms with E-state index in [1.165, 1.54) is 12.0 Å². The third-order valence-electron chi connectivity index (χ3n) is 2.97. The molecule has 1 fully saturated rings. The van der Waals surface area contributed by atoms with Crippen molar-refractivity contribution in [1.29, 1.82) is 0 Å². The van der Waals surface area contributed by atoms with Crippen molar-refractivity contribution in [2.24, 2.45) is 0 Å². The Hall–Kier alpha value is -0.860. The molecule has 0 bridgehead atoms. The van der Waals surface area contributed by atoms with Crippen LogP contribution in [0.25, 0.3) is 0 Å². The van der Waals surface area contributed by atoms with Gasteiger partial charge < -0.3 is 9.64 Å². The fourth-order valence-electron chi connectivity index (χ4n) is 2.39. The monoisotopic (exact) mass is 205 g/mol. The molecule has 0 N–H and O–H groups in total. The van der Waals surface area contributed by atoms with Gasteiger partial charge in [0.15, 0.2) is 0 Å². The molecule has 1 saturated heterocycles. The highest BCUT2D eigenvalue weighted by molar-refractivity contribution is 5.24. The van der Waals surface area contributed by atoms with Crippen LogP contribution in [0.2, 0.25) is 0 Å². The predicted molar refractivity (Wildman–Crippen MR) is 61.9 cm³/mol. The van der Waals surface area contributed by atoms with Gasteiger partial charge in [0.1, 0.15) is 5.60 Å². The maximum atomic E-state index is 6.00. The topological polar surface area (TPSA) is 12.5 Å². The summed E-state index contributed by atoms with van der Waals surface area (Å²) in [6, 6.07) is 10.6. The Morgan fingerprint density at radius 3 is 2.53 bits per heavy atom. The Balaban J connectivity index is 2.26. The van der Waals surface area contributed by atoms with Crippen LogP contribution in [-0.2, 0) is 10.3 Å². The van der Waals surface area contributed by atoms with E-state index in [1.807, 2.05) is 0 Å². The van der Waals surface area contributed by atoms with Crippen molar-refractivity contribution in [3.8, 4) is 0 Å². The van der Waals surface area contributed by atoms with Crippen LogP contribution in [0.3, 0.4) is 0 Å². The number of hydrogen-bond acceptors (Lipinski definition) is 2. The number of ether oxygens (including phenoxy) is 1. The molecule has 0 spiro atoms. The van der Waals surface area contributed by atoms with E-state index >= 15 is 0 Å². The average Bonchev–Trinajstić information content (AvgIpc) is 2.68. The van der Waals surface area contributed by atoms with Crippen LogP contribution in [0.4, 0.5) is 0 Å². The maximum absolute atomic E-state index is 6.00. The van der Waals surface area contributed by atoms with Crippen LogP contribution < -0.4 is 0 Å². The molecular weight excluding hydrogens is 186 g/mol. The number of benzene rings is 1. The third-order valence-corrected chi connectivity index (χ3v) is 2.97. The van der Waals surface area contributed by atoms with E-state index in [0.717, 1.165) is 19.6 Å². The molecule has 1 aromatic rings. The van der Waals surface area contributed by atoms with Gasteiger partial charge >= 0.3 is 0 Å². The predicted octanol–water partition coefficient (Wildman–Crippen LogP) is 2.25. The fourth-order valence-corrected chi connectivity index (χ4v) is 2.39. The summed E-state index contributed by atoms with van der Waals surface area (Å²) < 4.78 is 6.00. The molecule has 1 atom stereocenters. The highest BCUT2D eigenvalue weighted by Gasteiger charge is 2.37. The largest absolute Gasteiger partial charge is 0.369 e. The summed E-state index contributed by atoms with van der Waals surface area (Å²) in [4.78, 5) is 2.21. The van der Waals surface area contributed by atoms with Crippen LogP contribution >= 0.6 is 0 Å². The first-order valence-corrected chi connectivity index (χ1v) is 5.57. The zero-order chi connectivity index (χ0) is 10.7. The SMILES string of the molecule is CN(C)CC1(c2ccccc2)CCCO1. The molecule has 2 heteroatoms. The van der Waals surface area contributed by atoms with Crippen LogP contribution in [0.5, 0.6) is 0 Å². The molecular formula is C13H19NO. The molecule has 0 saturated carbocycles. The lowest BCUT2D eigenvalue weighted by Gasteiger charge is -2.31. The Bertz CT molecular complexity index is 302. The van der Waals surface area contributed by atoms with Crippen LogP contribution in [0.15, 0.2) is 30.3 Å². The summed E-state index contributed by atoms with van der Waals surface area (Å²) in [6.45, 7) is 1.86. The summed E-state index contributed by atoms with van der Waals surface area (Å²) >= 11 is 0. The van der Waals surface area contributed by atoms with E-state index < -0.39 is 0 Å². The van der Waals surface area contributed by atoms with Crippen molar-refractivity contribution < 1.29 is 4.74 Å². The minimum atomic E-state index is -0.0647. The Morgan fingerprint density at radius 2 is 2.00 bits per heavy atom. The van der Waals surface area contributed by atoms with Crippen molar-refractivity contribution in [1.82, 2.24) is 4.90 Å².